The van der Waals surface area contributed by atoms with Crippen LogP contribution in [0, 0.1) is 0 Å². The van der Waals surface area contributed by atoms with Crippen LogP contribution in [0.25, 0.3) is 0 Å². The molecule has 1 nitrogen and oxygen atoms in total. The standard InChI is InChI=1S/C14H14OS/c1-10-8-12(14(15)11(10)2)9-16-13-6-4-3-5-7-13/h3-7,9H,8H2,1-2H3/b12-9+. The molecule has 82 valence electrons. The van der Waals surface area contributed by atoms with Crippen LogP contribution in [0.3, 0.4) is 0 Å². The molecular formula is C14H14OS. The molecule has 1 aliphatic carbocycles. The largest absolute Gasteiger partial charge is 0.289 e. The van der Waals surface area contributed by atoms with Gasteiger partial charge in [-0.05, 0) is 43.4 Å². The highest BCUT2D eigenvalue weighted by Gasteiger charge is 2.21. The number of hydrogen-bond acceptors (Lipinski definition) is 2. The number of ketones is 1. The van der Waals surface area contributed by atoms with Crippen molar-refractivity contribution in [3.8, 4) is 0 Å². The van der Waals surface area contributed by atoms with E-state index in [2.05, 4.69) is 0 Å². The van der Waals surface area contributed by atoms with Crippen LogP contribution in [-0.4, -0.2) is 5.78 Å². The van der Waals surface area contributed by atoms with E-state index in [1.54, 1.807) is 11.8 Å². The molecule has 0 atom stereocenters. The van der Waals surface area contributed by atoms with E-state index >= 15 is 0 Å². The number of rotatable bonds is 2. The first-order chi connectivity index (χ1) is 7.68. The summed E-state index contributed by atoms with van der Waals surface area (Å²) in [7, 11) is 0. The molecule has 0 fully saturated rings. The third kappa shape index (κ3) is 2.27. The van der Waals surface area contributed by atoms with Crippen molar-refractivity contribution < 1.29 is 4.79 Å². The van der Waals surface area contributed by atoms with Crippen molar-refractivity contribution in [3.63, 3.8) is 0 Å². The van der Waals surface area contributed by atoms with Crippen molar-refractivity contribution in [2.24, 2.45) is 0 Å². The maximum absolute atomic E-state index is 11.8. The van der Waals surface area contributed by atoms with E-state index in [-0.39, 0.29) is 5.78 Å². The molecule has 2 rings (SSSR count). The van der Waals surface area contributed by atoms with E-state index < -0.39 is 0 Å². The molecule has 0 spiro atoms. The number of benzene rings is 1. The zero-order valence-corrected chi connectivity index (χ0v) is 10.3. The van der Waals surface area contributed by atoms with E-state index in [9.17, 15) is 4.79 Å². The Kier molecular flexibility index (Phi) is 3.30. The maximum atomic E-state index is 11.8. The molecule has 16 heavy (non-hydrogen) atoms. The zero-order chi connectivity index (χ0) is 11.5. The summed E-state index contributed by atoms with van der Waals surface area (Å²) in [6.45, 7) is 3.94. The van der Waals surface area contributed by atoms with Crippen LogP contribution in [0.15, 0.2) is 57.4 Å². The lowest BCUT2D eigenvalue weighted by Crippen LogP contribution is -1.95. The van der Waals surface area contributed by atoms with Gasteiger partial charge in [0.25, 0.3) is 0 Å². The maximum Gasteiger partial charge on any atom is 0.185 e. The average Bonchev–Trinajstić information content (AvgIpc) is 2.56. The first kappa shape index (κ1) is 11.2. The van der Waals surface area contributed by atoms with E-state index in [1.165, 1.54) is 10.5 Å². The molecule has 0 aliphatic heterocycles. The number of Topliss-reactive ketones (excluding diaryl/α,β-unsaturated/α-hetero) is 1. The summed E-state index contributed by atoms with van der Waals surface area (Å²) in [5.74, 6) is 0.209. The van der Waals surface area contributed by atoms with Crippen molar-refractivity contribution in [2.75, 3.05) is 0 Å². The van der Waals surface area contributed by atoms with Gasteiger partial charge in [0.15, 0.2) is 5.78 Å². The van der Waals surface area contributed by atoms with Gasteiger partial charge < -0.3 is 0 Å². The SMILES string of the molecule is CC1=C(C)C(=O)/C(=C/Sc2ccccc2)C1. The van der Waals surface area contributed by atoms with Crippen LogP contribution in [-0.2, 0) is 4.79 Å². The van der Waals surface area contributed by atoms with Gasteiger partial charge in [-0.1, -0.05) is 35.5 Å². The van der Waals surface area contributed by atoms with Gasteiger partial charge in [-0.3, -0.25) is 4.79 Å². The fourth-order valence-electron chi connectivity index (χ4n) is 1.67. The smallest absolute Gasteiger partial charge is 0.185 e. The lowest BCUT2D eigenvalue weighted by atomic mass is 10.2. The third-order valence-corrected chi connectivity index (χ3v) is 3.76. The highest BCUT2D eigenvalue weighted by atomic mass is 32.2. The molecule has 1 aromatic rings. The fourth-order valence-corrected chi connectivity index (χ4v) is 2.45. The summed E-state index contributed by atoms with van der Waals surface area (Å²) in [6, 6.07) is 10.1. The Labute approximate surface area is 100 Å². The molecule has 0 saturated heterocycles. The normalized spacial score (nSPS) is 18.6. The lowest BCUT2D eigenvalue weighted by Gasteiger charge is -1.97. The molecule has 0 N–H and O–H groups in total. The zero-order valence-electron chi connectivity index (χ0n) is 9.49. The summed E-state index contributed by atoms with van der Waals surface area (Å²) < 4.78 is 0. The van der Waals surface area contributed by atoms with Gasteiger partial charge in [0.05, 0.1) is 0 Å². The Bertz CT molecular complexity index is 469. The molecule has 0 saturated carbocycles. The fraction of sp³-hybridized carbons (Fsp3) is 0.214. The Morgan fingerprint density at radius 2 is 1.88 bits per heavy atom. The van der Waals surface area contributed by atoms with Gasteiger partial charge >= 0.3 is 0 Å². The molecule has 0 amide bonds. The number of carbonyl (C=O) groups excluding carboxylic acids is 1. The molecule has 0 heterocycles. The Hall–Kier alpha value is -1.28. The summed E-state index contributed by atoms with van der Waals surface area (Å²) in [5.41, 5.74) is 3.04. The van der Waals surface area contributed by atoms with E-state index in [1.807, 2.05) is 49.6 Å². The lowest BCUT2D eigenvalue weighted by molar-refractivity contribution is -0.111. The van der Waals surface area contributed by atoms with Crippen LogP contribution in [0.5, 0.6) is 0 Å². The minimum Gasteiger partial charge on any atom is -0.289 e. The monoisotopic (exact) mass is 230 g/mol. The van der Waals surface area contributed by atoms with Gasteiger partial charge in [0, 0.05) is 10.5 Å². The van der Waals surface area contributed by atoms with Crippen molar-refractivity contribution in [1.82, 2.24) is 0 Å². The Morgan fingerprint density at radius 1 is 1.19 bits per heavy atom. The molecule has 0 radical (unpaired) electrons. The molecule has 1 aliphatic rings. The first-order valence-corrected chi connectivity index (χ1v) is 6.18. The van der Waals surface area contributed by atoms with Crippen LogP contribution in [0.2, 0.25) is 0 Å². The van der Waals surface area contributed by atoms with Gasteiger partial charge in [-0.2, -0.15) is 0 Å². The second-order valence-electron chi connectivity index (χ2n) is 3.99. The minimum absolute atomic E-state index is 0.209. The van der Waals surface area contributed by atoms with Crippen molar-refractivity contribution in [2.45, 2.75) is 25.2 Å². The number of hydrogen-bond donors (Lipinski definition) is 0. The predicted octanol–water partition coefficient (Wildman–Crippen LogP) is 3.97. The van der Waals surface area contributed by atoms with E-state index in [0.29, 0.717) is 0 Å². The number of allylic oxidation sites excluding steroid dienone is 3. The quantitative estimate of drug-likeness (QED) is 0.565. The molecule has 1 aromatic carbocycles. The van der Waals surface area contributed by atoms with Crippen LogP contribution in [0.4, 0.5) is 0 Å². The molecule has 0 aromatic heterocycles. The second-order valence-corrected chi connectivity index (χ2v) is 4.93. The summed E-state index contributed by atoms with van der Waals surface area (Å²) in [6.07, 6.45) is 0.810. The predicted molar refractivity (Wildman–Crippen MR) is 68.4 cm³/mol. The number of carbonyl (C=O) groups is 1. The van der Waals surface area contributed by atoms with Crippen molar-refractivity contribution >= 4 is 17.5 Å². The van der Waals surface area contributed by atoms with Gasteiger partial charge in [0.1, 0.15) is 0 Å². The third-order valence-electron chi connectivity index (χ3n) is 2.81. The van der Waals surface area contributed by atoms with E-state index in [4.69, 9.17) is 0 Å². The first-order valence-electron chi connectivity index (χ1n) is 5.30. The summed E-state index contributed by atoms with van der Waals surface area (Å²) in [5, 5.41) is 1.98. The molecular weight excluding hydrogens is 216 g/mol. The van der Waals surface area contributed by atoms with Gasteiger partial charge in [-0.15, -0.1) is 0 Å². The topological polar surface area (TPSA) is 17.1 Å². The summed E-state index contributed by atoms with van der Waals surface area (Å²) >= 11 is 1.62. The average molecular weight is 230 g/mol. The van der Waals surface area contributed by atoms with Gasteiger partial charge in [0.2, 0.25) is 0 Å². The Morgan fingerprint density at radius 3 is 2.44 bits per heavy atom. The Balaban J connectivity index is 2.09. The number of thioether (sulfide) groups is 1. The molecule has 2 heteroatoms. The highest BCUT2D eigenvalue weighted by Crippen LogP contribution is 2.30. The second kappa shape index (κ2) is 4.71. The minimum atomic E-state index is 0.209. The van der Waals surface area contributed by atoms with E-state index in [0.717, 1.165) is 17.6 Å². The highest BCUT2D eigenvalue weighted by molar-refractivity contribution is 8.02. The van der Waals surface area contributed by atoms with Gasteiger partial charge in [-0.25, -0.2) is 0 Å². The van der Waals surface area contributed by atoms with Crippen LogP contribution >= 0.6 is 11.8 Å². The molecule has 0 unspecified atom stereocenters. The molecule has 0 bridgehead atoms. The van der Waals surface area contributed by atoms with Crippen molar-refractivity contribution in [1.29, 1.82) is 0 Å². The van der Waals surface area contributed by atoms with Crippen LogP contribution in [0.1, 0.15) is 20.3 Å². The summed E-state index contributed by atoms with van der Waals surface area (Å²) in [4.78, 5) is 13.0. The van der Waals surface area contributed by atoms with Crippen LogP contribution < -0.4 is 0 Å². The van der Waals surface area contributed by atoms with Crippen molar-refractivity contribution in [3.05, 3.63) is 52.5 Å².